The Bertz CT molecular complexity index is 533. The van der Waals surface area contributed by atoms with Gasteiger partial charge in [0.15, 0.2) is 0 Å². The zero-order valence-electron chi connectivity index (χ0n) is 11.1. The van der Waals surface area contributed by atoms with E-state index in [1.807, 2.05) is 12.1 Å². The van der Waals surface area contributed by atoms with Gasteiger partial charge in [-0.3, -0.25) is 9.59 Å². The molecule has 2 unspecified atom stereocenters. The average molecular weight is 348 g/mol. The van der Waals surface area contributed by atoms with Crippen LogP contribution < -0.4 is 5.32 Å². The summed E-state index contributed by atoms with van der Waals surface area (Å²) >= 11 is 13.2. The number of carbonyl (C=O) groups is 2. The van der Waals surface area contributed by atoms with Crippen molar-refractivity contribution in [2.24, 2.45) is 5.92 Å². The number of carbonyl (C=O) groups excluding carboxylic acids is 1. The highest BCUT2D eigenvalue weighted by Crippen LogP contribution is 2.48. The number of halogens is 2. The Labute approximate surface area is 137 Å². The van der Waals surface area contributed by atoms with Gasteiger partial charge in [-0.05, 0) is 36.1 Å². The van der Waals surface area contributed by atoms with Gasteiger partial charge in [-0.25, -0.2) is 0 Å². The van der Waals surface area contributed by atoms with E-state index in [9.17, 15) is 9.59 Å². The molecule has 7 heteroatoms. The Morgan fingerprint density at radius 2 is 1.95 bits per heavy atom. The van der Waals surface area contributed by atoms with E-state index in [2.05, 4.69) is 5.32 Å². The number of amides is 1. The Balaban J connectivity index is 1.75. The first kappa shape index (κ1) is 16.5. The molecule has 1 amide bonds. The van der Waals surface area contributed by atoms with Crippen molar-refractivity contribution in [2.45, 2.75) is 12.3 Å². The number of aliphatic carboxylic acids is 1. The largest absolute Gasteiger partial charge is 0.481 e. The molecule has 2 atom stereocenters. The minimum atomic E-state index is -0.841. The summed E-state index contributed by atoms with van der Waals surface area (Å²) in [4.78, 5) is 22.3. The summed E-state index contributed by atoms with van der Waals surface area (Å²) in [5.74, 6) is -0.0447. The van der Waals surface area contributed by atoms with Gasteiger partial charge in [0.25, 0.3) is 0 Å². The highest BCUT2D eigenvalue weighted by atomic mass is 35.5. The number of thioether (sulfide) groups is 1. The van der Waals surface area contributed by atoms with E-state index in [4.69, 9.17) is 28.3 Å². The molecule has 1 fully saturated rings. The average Bonchev–Trinajstić information content (AvgIpc) is 3.16. The maximum atomic E-state index is 12.0. The molecule has 2 N–H and O–H groups in total. The van der Waals surface area contributed by atoms with Crippen LogP contribution in [0.5, 0.6) is 0 Å². The predicted molar refractivity (Wildman–Crippen MR) is 85.3 cm³/mol. The van der Waals surface area contributed by atoms with Crippen LogP contribution in [0.4, 0.5) is 0 Å². The molecule has 1 aliphatic carbocycles. The molecule has 0 spiro atoms. The second-order valence-electron chi connectivity index (χ2n) is 4.89. The molecule has 0 bridgehead atoms. The molecular formula is C14H15Cl2NO3S. The number of rotatable bonds is 7. The molecule has 0 aromatic heterocycles. The van der Waals surface area contributed by atoms with Gasteiger partial charge in [0.2, 0.25) is 5.91 Å². The maximum Gasteiger partial charge on any atom is 0.313 e. The Kier molecular flexibility index (Phi) is 5.79. The maximum absolute atomic E-state index is 12.0. The molecule has 0 heterocycles. The van der Waals surface area contributed by atoms with Crippen LogP contribution in [0.3, 0.4) is 0 Å². The minimum absolute atomic E-state index is 0.00650. The lowest BCUT2D eigenvalue weighted by Crippen LogP contribution is -2.27. The molecule has 2 rings (SSSR count). The van der Waals surface area contributed by atoms with Gasteiger partial charge >= 0.3 is 5.97 Å². The number of nitrogens with one attached hydrogen (secondary N) is 1. The van der Waals surface area contributed by atoms with Crippen molar-refractivity contribution in [1.82, 2.24) is 5.32 Å². The fraction of sp³-hybridized carbons (Fsp3) is 0.429. The summed E-state index contributed by atoms with van der Waals surface area (Å²) in [5.41, 5.74) is 0.993. The molecule has 4 nitrogen and oxygen atoms in total. The molecular weight excluding hydrogens is 333 g/mol. The molecule has 1 aromatic carbocycles. The summed E-state index contributed by atoms with van der Waals surface area (Å²) in [6.45, 7) is 0.482. The second-order valence-corrected chi connectivity index (χ2v) is 6.87. The van der Waals surface area contributed by atoms with E-state index in [1.54, 1.807) is 6.07 Å². The van der Waals surface area contributed by atoms with Crippen LogP contribution in [0.1, 0.15) is 17.9 Å². The van der Waals surface area contributed by atoms with Gasteiger partial charge in [-0.1, -0.05) is 23.2 Å². The minimum Gasteiger partial charge on any atom is -0.481 e. The summed E-state index contributed by atoms with van der Waals surface area (Å²) < 4.78 is 0. The second kappa shape index (κ2) is 7.38. The monoisotopic (exact) mass is 347 g/mol. The predicted octanol–water partition coefficient (Wildman–Crippen LogP) is 3.03. The Hall–Kier alpha value is -0.910. The number of benzene rings is 1. The quantitative estimate of drug-likeness (QED) is 0.744. The van der Waals surface area contributed by atoms with Gasteiger partial charge in [0, 0.05) is 28.3 Å². The van der Waals surface area contributed by atoms with Crippen LogP contribution in [0.2, 0.25) is 10.0 Å². The van der Waals surface area contributed by atoms with E-state index in [0.29, 0.717) is 22.3 Å². The zero-order valence-corrected chi connectivity index (χ0v) is 13.5. The van der Waals surface area contributed by atoms with Crippen molar-refractivity contribution in [2.75, 3.05) is 18.1 Å². The van der Waals surface area contributed by atoms with Crippen molar-refractivity contribution in [3.05, 3.63) is 33.8 Å². The van der Waals surface area contributed by atoms with Crippen LogP contribution in [-0.4, -0.2) is 35.0 Å². The summed E-state index contributed by atoms with van der Waals surface area (Å²) in [6.07, 6.45) is 0.796. The lowest BCUT2D eigenvalue weighted by molar-refractivity contribution is -0.133. The van der Waals surface area contributed by atoms with Gasteiger partial charge in [-0.2, -0.15) is 0 Å². The van der Waals surface area contributed by atoms with Crippen LogP contribution in [0.15, 0.2) is 18.2 Å². The van der Waals surface area contributed by atoms with Crippen molar-refractivity contribution < 1.29 is 14.7 Å². The van der Waals surface area contributed by atoms with E-state index in [-0.39, 0.29) is 23.5 Å². The molecule has 0 saturated heterocycles. The lowest BCUT2D eigenvalue weighted by Gasteiger charge is -2.05. The first-order valence-electron chi connectivity index (χ1n) is 6.50. The highest BCUT2D eigenvalue weighted by molar-refractivity contribution is 7.99. The van der Waals surface area contributed by atoms with Crippen molar-refractivity contribution in [1.29, 1.82) is 0 Å². The van der Waals surface area contributed by atoms with Crippen molar-refractivity contribution in [3.8, 4) is 0 Å². The molecule has 1 aromatic rings. The van der Waals surface area contributed by atoms with E-state index < -0.39 is 5.97 Å². The molecule has 21 heavy (non-hydrogen) atoms. The fourth-order valence-electron chi connectivity index (χ4n) is 2.18. The Morgan fingerprint density at radius 1 is 1.29 bits per heavy atom. The van der Waals surface area contributed by atoms with Crippen LogP contribution in [-0.2, 0) is 9.59 Å². The summed E-state index contributed by atoms with van der Waals surface area (Å²) in [5, 5.41) is 12.5. The molecule has 0 radical (unpaired) electrons. The fourth-order valence-corrected chi connectivity index (χ4v) is 3.29. The highest BCUT2D eigenvalue weighted by Gasteiger charge is 2.43. The van der Waals surface area contributed by atoms with Gasteiger partial charge in [-0.15, -0.1) is 11.8 Å². The summed E-state index contributed by atoms with van der Waals surface area (Å²) in [7, 11) is 0. The van der Waals surface area contributed by atoms with Crippen LogP contribution >= 0.6 is 35.0 Å². The lowest BCUT2D eigenvalue weighted by atomic mass is 10.1. The molecule has 0 aliphatic heterocycles. The van der Waals surface area contributed by atoms with Crippen LogP contribution in [0.25, 0.3) is 0 Å². The number of hydrogen-bond donors (Lipinski definition) is 2. The zero-order chi connectivity index (χ0) is 15.4. The Morgan fingerprint density at radius 3 is 2.57 bits per heavy atom. The van der Waals surface area contributed by atoms with E-state index >= 15 is 0 Å². The van der Waals surface area contributed by atoms with Crippen molar-refractivity contribution >= 4 is 46.8 Å². The third-order valence-electron chi connectivity index (χ3n) is 3.21. The SMILES string of the molecule is O=C(O)CSCCNC(=O)C1CC1c1cc(Cl)cc(Cl)c1. The molecule has 114 valence electrons. The van der Waals surface area contributed by atoms with Gasteiger partial charge in [0.1, 0.15) is 0 Å². The third-order valence-corrected chi connectivity index (χ3v) is 4.59. The molecule has 1 saturated carbocycles. The van der Waals surface area contributed by atoms with Crippen molar-refractivity contribution in [3.63, 3.8) is 0 Å². The smallest absolute Gasteiger partial charge is 0.313 e. The summed E-state index contributed by atoms with van der Waals surface area (Å²) in [6, 6.07) is 5.35. The first-order valence-corrected chi connectivity index (χ1v) is 8.41. The normalized spacial score (nSPS) is 20.1. The molecule has 1 aliphatic rings. The van der Waals surface area contributed by atoms with Gasteiger partial charge < -0.3 is 10.4 Å². The topological polar surface area (TPSA) is 66.4 Å². The standard InChI is InChI=1S/C14H15Cl2NO3S/c15-9-3-8(4-10(16)5-9)11-6-12(11)14(20)17-1-2-21-7-13(18)19/h3-5,11-12H,1-2,6-7H2,(H,17,20)(H,18,19). The number of carboxylic acid groups (broad SMARTS) is 1. The van der Waals surface area contributed by atoms with Gasteiger partial charge in [0.05, 0.1) is 5.75 Å². The first-order chi connectivity index (χ1) is 9.97. The number of hydrogen-bond acceptors (Lipinski definition) is 3. The number of carboxylic acids is 1. The van der Waals surface area contributed by atoms with E-state index in [1.165, 1.54) is 11.8 Å². The van der Waals surface area contributed by atoms with Crippen LogP contribution in [0, 0.1) is 5.92 Å². The van der Waals surface area contributed by atoms with E-state index in [0.717, 1.165) is 12.0 Å². The third kappa shape index (κ3) is 5.09.